The third kappa shape index (κ3) is 6.23. The summed E-state index contributed by atoms with van der Waals surface area (Å²) in [6.45, 7) is 10.8. The van der Waals surface area contributed by atoms with Crippen LogP contribution in [0.4, 0.5) is 5.82 Å². The van der Waals surface area contributed by atoms with Crippen molar-refractivity contribution in [2.75, 3.05) is 11.9 Å². The number of anilines is 1. The van der Waals surface area contributed by atoms with E-state index in [4.69, 9.17) is 14.2 Å². The number of benzene rings is 1. The van der Waals surface area contributed by atoms with Gasteiger partial charge in [-0.3, -0.25) is 9.48 Å². The van der Waals surface area contributed by atoms with E-state index >= 15 is 0 Å². The Hall–Kier alpha value is -3.30. The van der Waals surface area contributed by atoms with Gasteiger partial charge in [0.25, 0.3) is 0 Å². The van der Waals surface area contributed by atoms with E-state index in [1.165, 1.54) is 6.07 Å². The fraction of sp³-hybridized carbons (Fsp3) is 0.462. The third-order valence-electron chi connectivity index (χ3n) is 5.81. The second kappa shape index (κ2) is 10.1. The molecular weight excluding hydrogens is 448 g/mol. The standard InChI is InChI=1S/C26H34N4O5/c1-17(2)12-21(30-15-19(13-24(30)31)34-22-9-7-6-8-18(22)3)25(32)27-23-10-11-29(28-23)14-20-16-33-26(4,5)35-20/h6-11,13,15,17,20-21,31H,12,14,16H2,1-5H3,(H,27,28,32)/t20-,21+/m1/s1. The highest BCUT2D eigenvalue weighted by molar-refractivity contribution is 5.93. The van der Waals surface area contributed by atoms with Gasteiger partial charge in [-0.1, -0.05) is 32.0 Å². The topological polar surface area (TPSA) is 99.8 Å². The lowest BCUT2D eigenvalue weighted by Crippen LogP contribution is -2.27. The summed E-state index contributed by atoms with van der Waals surface area (Å²) in [6.07, 6.45) is 3.88. The Kier molecular flexibility index (Phi) is 7.18. The molecule has 0 radical (unpaired) electrons. The van der Waals surface area contributed by atoms with Crippen molar-refractivity contribution >= 4 is 11.7 Å². The highest BCUT2D eigenvalue weighted by Gasteiger charge is 2.33. The van der Waals surface area contributed by atoms with Crippen molar-refractivity contribution in [1.82, 2.24) is 14.3 Å². The minimum absolute atomic E-state index is 0.0408. The largest absolute Gasteiger partial charge is 0.494 e. The molecule has 0 bridgehead atoms. The van der Waals surface area contributed by atoms with Crippen LogP contribution in [0.5, 0.6) is 17.4 Å². The molecule has 0 aliphatic carbocycles. The maximum absolute atomic E-state index is 13.3. The molecule has 4 rings (SSSR count). The Morgan fingerprint density at radius 3 is 2.77 bits per heavy atom. The first kappa shape index (κ1) is 24.8. The average Bonchev–Trinajstić information content (AvgIpc) is 3.46. The van der Waals surface area contributed by atoms with Crippen molar-refractivity contribution in [3.05, 3.63) is 54.4 Å². The number of ether oxygens (including phenoxy) is 3. The number of nitrogens with one attached hydrogen (secondary N) is 1. The van der Waals surface area contributed by atoms with Crippen LogP contribution >= 0.6 is 0 Å². The van der Waals surface area contributed by atoms with Crippen LogP contribution in [0.3, 0.4) is 0 Å². The van der Waals surface area contributed by atoms with E-state index < -0.39 is 11.8 Å². The van der Waals surface area contributed by atoms with Gasteiger partial charge in [-0.2, -0.15) is 5.10 Å². The lowest BCUT2D eigenvalue weighted by atomic mass is 10.0. The fourth-order valence-corrected chi connectivity index (χ4v) is 4.14. The molecule has 188 valence electrons. The van der Waals surface area contributed by atoms with Gasteiger partial charge >= 0.3 is 0 Å². The molecule has 1 saturated heterocycles. The van der Waals surface area contributed by atoms with Gasteiger partial charge in [0.15, 0.2) is 17.5 Å². The molecule has 3 aromatic rings. The molecule has 2 atom stereocenters. The summed E-state index contributed by atoms with van der Waals surface area (Å²) in [6, 6.07) is 10.3. The van der Waals surface area contributed by atoms with Gasteiger partial charge in [0.05, 0.1) is 19.3 Å². The van der Waals surface area contributed by atoms with Crippen molar-refractivity contribution in [2.24, 2.45) is 5.92 Å². The molecule has 1 aromatic carbocycles. The molecular formula is C26H34N4O5. The number of aromatic hydroxyl groups is 1. The number of rotatable bonds is 9. The van der Waals surface area contributed by atoms with Gasteiger partial charge in [0.2, 0.25) is 5.91 Å². The summed E-state index contributed by atoms with van der Waals surface area (Å²) in [4.78, 5) is 13.3. The lowest BCUT2D eigenvalue weighted by Gasteiger charge is -2.20. The van der Waals surface area contributed by atoms with Gasteiger partial charge in [0.1, 0.15) is 23.6 Å². The number of carbonyl (C=O) groups is 1. The van der Waals surface area contributed by atoms with Crippen molar-refractivity contribution in [1.29, 1.82) is 0 Å². The fourth-order valence-electron chi connectivity index (χ4n) is 4.14. The Bertz CT molecular complexity index is 1170. The minimum Gasteiger partial charge on any atom is -0.494 e. The number of aryl methyl sites for hydroxylation is 1. The molecule has 0 spiro atoms. The second-order valence-electron chi connectivity index (χ2n) is 9.82. The number of para-hydroxylation sites is 1. The quantitative estimate of drug-likeness (QED) is 0.451. The zero-order valence-corrected chi connectivity index (χ0v) is 20.9. The molecule has 9 nitrogen and oxygen atoms in total. The van der Waals surface area contributed by atoms with Crippen LogP contribution in [-0.4, -0.2) is 43.9 Å². The number of hydrogen-bond acceptors (Lipinski definition) is 6. The van der Waals surface area contributed by atoms with Crippen LogP contribution in [0.1, 0.15) is 45.7 Å². The molecule has 1 fully saturated rings. The van der Waals surface area contributed by atoms with Gasteiger partial charge in [-0.25, -0.2) is 0 Å². The van der Waals surface area contributed by atoms with Crippen molar-refractivity contribution in [2.45, 2.75) is 65.5 Å². The molecule has 1 aliphatic heterocycles. The summed E-state index contributed by atoms with van der Waals surface area (Å²) in [5, 5.41) is 18.0. The number of nitrogens with zero attached hydrogens (tertiary/aromatic N) is 3. The zero-order valence-electron chi connectivity index (χ0n) is 20.9. The summed E-state index contributed by atoms with van der Waals surface area (Å²) in [5.74, 6) is 0.905. The first-order chi connectivity index (χ1) is 16.6. The maximum atomic E-state index is 13.3. The Morgan fingerprint density at radius 1 is 1.31 bits per heavy atom. The number of carbonyl (C=O) groups excluding carboxylic acids is 1. The minimum atomic E-state index is -0.637. The van der Waals surface area contributed by atoms with E-state index in [0.29, 0.717) is 36.9 Å². The van der Waals surface area contributed by atoms with Crippen LogP contribution in [-0.2, 0) is 20.8 Å². The first-order valence-corrected chi connectivity index (χ1v) is 11.9. The predicted molar refractivity (Wildman–Crippen MR) is 132 cm³/mol. The Morgan fingerprint density at radius 2 is 2.09 bits per heavy atom. The Balaban J connectivity index is 1.46. The van der Waals surface area contributed by atoms with E-state index in [-0.39, 0.29) is 23.8 Å². The predicted octanol–water partition coefficient (Wildman–Crippen LogP) is 4.87. The molecule has 1 amide bonds. The monoisotopic (exact) mass is 482 g/mol. The van der Waals surface area contributed by atoms with Crippen LogP contribution in [0, 0.1) is 12.8 Å². The Labute approximate surface area is 205 Å². The van der Waals surface area contributed by atoms with E-state index in [0.717, 1.165) is 5.56 Å². The molecule has 0 unspecified atom stereocenters. The molecule has 35 heavy (non-hydrogen) atoms. The van der Waals surface area contributed by atoms with E-state index in [1.807, 2.05) is 58.9 Å². The summed E-state index contributed by atoms with van der Waals surface area (Å²) < 4.78 is 20.7. The van der Waals surface area contributed by atoms with Crippen LogP contribution in [0.15, 0.2) is 48.8 Å². The van der Waals surface area contributed by atoms with Crippen molar-refractivity contribution < 1.29 is 24.1 Å². The SMILES string of the molecule is Cc1ccccc1Oc1cc(O)n([C@@H](CC(C)C)C(=O)Nc2ccn(C[C@@H]3COC(C)(C)O3)n2)c1. The van der Waals surface area contributed by atoms with Crippen molar-refractivity contribution in [3.8, 4) is 17.4 Å². The summed E-state index contributed by atoms with van der Waals surface area (Å²) in [5.41, 5.74) is 0.977. The third-order valence-corrected chi connectivity index (χ3v) is 5.81. The van der Waals surface area contributed by atoms with Gasteiger partial charge in [-0.15, -0.1) is 0 Å². The van der Waals surface area contributed by atoms with Crippen LogP contribution < -0.4 is 10.1 Å². The molecule has 2 N–H and O–H groups in total. The number of amides is 1. The average molecular weight is 483 g/mol. The lowest BCUT2D eigenvalue weighted by molar-refractivity contribution is -0.139. The van der Waals surface area contributed by atoms with Gasteiger partial charge in [0, 0.05) is 18.3 Å². The molecule has 9 heteroatoms. The number of aromatic nitrogens is 3. The van der Waals surface area contributed by atoms with E-state index in [2.05, 4.69) is 10.4 Å². The highest BCUT2D eigenvalue weighted by atomic mass is 16.7. The van der Waals surface area contributed by atoms with Crippen LogP contribution in [0.2, 0.25) is 0 Å². The number of hydrogen-bond donors (Lipinski definition) is 2. The molecule has 2 aromatic heterocycles. The molecule has 0 saturated carbocycles. The summed E-state index contributed by atoms with van der Waals surface area (Å²) >= 11 is 0. The zero-order chi connectivity index (χ0) is 25.2. The smallest absolute Gasteiger partial charge is 0.248 e. The summed E-state index contributed by atoms with van der Waals surface area (Å²) in [7, 11) is 0. The molecule has 3 heterocycles. The normalized spacial score (nSPS) is 18.1. The highest BCUT2D eigenvalue weighted by Crippen LogP contribution is 2.33. The van der Waals surface area contributed by atoms with Crippen LogP contribution in [0.25, 0.3) is 0 Å². The van der Waals surface area contributed by atoms with E-state index in [9.17, 15) is 9.90 Å². The van der Waals surface area contributed by atoms with Crippen molar-refractivity contribution in [3.63, 3.8) is 0 Å². The maximum Gasteiger partial charge on any atom is 0.248 e. The molecule has 1 aliphatic rings. The second-order valence-corrected chi connectivity index (χ2v) is 9.82. The first-order valence-electron chi connectivity index (χ1n) is 11.9. The van der Waals surface area contributed by atoms with E-state index in [1.54, 1.807) is 27.7 Å². The van der Waals surface area contributed by atoms with Gasteiger partial charge < -0.3 is 29.2 Å². The van der Waals surface area contributed by atoms with Gasteiger partial charge in [-0.05, 0) is 44.7 Å².